The van der Waals surface area contributed by atoms with Gasteiger partial charge in [0.2, 0.25) is 0 Å². The highest BCUT2D eigenvalue weighted by Gasteiger charge is 2.41. The maximum Gasteiger partial charge on any atom is 0.107 e. The molecule has 2 aliphatic rings. The summed E-state index contributed by atoms with van der Waals surface area (Å²) < 4.78 is 0. The standard InChI is InChI=1S/C15H24N2OS/c1-15(2,3)13-9-19-14(16-13)8-17-6-10-4-5-12(18)11(10)7-17/h9-12,18H,4-8H2,1-3H3. The molecule has 106 valence electrons. The molecule has 0 aromatic carbocycles. The van der Waals surface area contributed by atoms with Crippen LogP contribution in [0.5, 0.6) is 0 Å². The maximum absolute atomic E-state index is 9.95. The lowest BCUT2D eigenvalue weighted by molar-refractivity contribution is 0.123. The molecule has 1 aromatic rings. The number of likely N-dealkylation sites (tertiary alicyclic amines) is 1. The molecule has 3 atom stereocenters. The Morgan fingerprint density at radius 3 is 2.79 bits per heavy atom. The second kappa shape index (κ2) is 4.83. The fourth-order valence-corrected chi connectivity index (χ4v) is 4.44. The summed E-state index contributed by atoms with van der Waals surface area (Å²) in [5.41, 5.74) is 1.35. The summed E-state index contributed by atoms with van der Waals surface area (Å²) in [4.78, 5) is 7.25. The number of aliphatic hydroxyl groups excluding tert-OH is 1. The highest BCUT2D eigenvalue weighted by Crippen LogP contribution is 2.38. The van der Waals surface area contributed by atoms with Gasteiger partial charge in [-0.25, -0.2) is 4.98 Å². The minimum Gasteiger partial charge on any atom is -0.393 e. The Kier molecular flexibility index (Phi) is 3.44. The van der Waals surface area contributed by atoms with Crippen LogP contribution >= 0.6 is 11.3 Å². The van der Waals surface area contributed by atoms with E-state index in [0.29, 0.717) is 5.92 Å². The fourth-order valence-electron chi connectivity index (χ4n) is 3.38. The molecule has 0 bridgehead atoms. The van der Waals surface area contributed by atoms with Gasteiger partial charge in [0.05, 0.1) is 18.3 Å². The predicted molar refractivity (Wildman–Crippen MR) is 78.3 cm³/mol. The van der Waals surface area contributed by atoms with E-state index in [1.807, 2.05) is 0 Å². The van der Waals surface area contributed by atoms with Crippen LogP contribution in [-0.4, -0.2) is 34.2 Å². The minimum absolute atomic E-state index is 0.0589. The highest BCUT2D eigenvalue weighted by atomic mass is 32.1. The zero-order chi connectivity index (χ0) is 13.6. The van der Waals surface area contributed by atoms with Gasteiger partial charge in [0.1, 0.15) is 5.01 Å². The molecule has 1 saturated carbocycles. The smallest absolute Gasteiger partial charge is 0.107 e. The van der Waals surface area contributed by atoms with Crippen LogP contribution in [-0.2, 0) is 12.0 Å². The monoisotopic (exact) mass is 280 g/mol. The maximum atomic E-state index is 9.95. The van der Waals surface area contributed by atoms with E-state index < -0.39 is 0 Å². The number of hydrogen-bond acceptors (Lipinski definition) is 4. The number of nitrogens with zero attached hydrogens (tertiary/aromatic N) is 2. The molecule has 0 amide bonds. The first-order chi connectivity index (χ1) is 8.93. The Bertz CT molecular complexity index is 451. The van der Waals surface area contributed by atoms with E-state index in [-0.39, 0.29) is 11.5 Å². The molecule has 0 radical (unpaired) electrons. The summed E-state index contributed by atoms with van der Waals surface area (Å²) in [6, 6.07) is 0. The van der Waals surface area contributed by atoms with Crippen LogP contribution in [0.1, 0.15) is 44.3 Å². The van der Waals surface area contributed by atoms with E-state index in [9.17, 15) is 5.11 Å². The molecule has 2 fully saturated rings. The summed E-state index contributed by atoms with van der Waals surface area (Å²) in [5.74, 6) is 1.24. The second-order valence-electron chi connectivity index (χ2n) is 7.14. The molecule has 19 heavy (non-hydrogen) atoms. The molecular formula is C15H24N2OS. The summed E-state index contributed by atoms with van der Waals surface area (Å²) in [5, 5.41) is 13.4. The average Bonchev–Trinajstić information content (AvgIpc) is 2.97. The van der Waals surface area contributed by atoms with E-state index >= 15 is 0 Å². The second-order valence-corrected chi connectivity index (χ2v) is 8.08. The molecule has 1 saturated heterocycles. The highest BCUT2D eigenvalue weighted by molar-refractivity contribution is 7.09. The van der Waals surface area contributed by atoms with Crippen molar-refractivity contribution in [2.24, 2.45) is 11.8 Å². The van der Waals surface area contributed by atoms with Gasteiger partial charge in [-0.2, -0.15) is 0 Å². The Morgan fingerprint density at radius 2 is 2.16 bits per heavy atom. The molecular weight excluding hydrogens is 256 g/mol. The number of hydrogen-bond donors (Lipinski definition) is 1. The van der Waals surface area contributed by atoms with Gasteiger partial charge < -0.3 is 5.11 Å². The van der Waals surface area contributed by atoms with Crippen molar-refractivity contribution in [1.82, 2.24) is 9.88 Å². The summed E-state index contributed by atoms with van der Waals surface area (Å²) in [6.07, 6.45) is 2.15. The molecule has 1 aliphatic carbocycles. The van der Waals surface area contributed by atoms with E-state index in [0.717, 1.165) is 32.0 Å². The zero-order valence-electron chi connectivity index (χ0n) is 12.1. The van der Waals surface area contributed by atoms with Gasteiger partial charge in [0.15, 0.2) is 0 Å². The van der Waals surface area contributed by atoms with Crippen molar-refractivity contribution in [1.29, 1.82) is 0 Å². The van der Waals surface area contributed by atoms with Crippen molar-refractivity contribution in [3.63, 3.8) is 0 Å². The number of aromatic nitrogens is 1. The van der Waals surface area contributed by atoms with Crippen LogP contribution < -0.4 is 0 Å². The molecule has 1 aliphatic heterocycles. The number of thiazole rings is 1. The average molecular weight is 280 g/mol. The Hall–Kier alpha value is -0.450. The first-order valence-corrected chi connectivity index (χ1v) is 8.17. The minimum atomic E-state index is -0.0589. The largest absolute Gasteiger partial charge is 0.393 e. The topological polar surface area (TPSA) is 36.4 Å². The van der Waals surface area contributed by atoms with Gasteiger partial charge in [-0.15, -0.1) is 11.3 Å². The molecule has 4 heteroatoms. The third kappa shape index (κ3) is 2.71. The molecule has 2 heterocycles. The summed E-state index contributed by atoms with van der Waals surface area (Å²) >= 11 is 1.78. The van der Waals surface area contributed by atoms with Gasteiger partial charge in [-0.05, 0) is 18.8 Å². The number of fused-ring (bicyclic) bond motifs is 1. The van der Waals surface area contributed by atoms with E-state index in [1.165, 1.54) is 17.1 Å². The van der Waals surface area contributed by atoms with Crippen LogP contribution in [0.2, 0.25) is 0 Å². The zero-order valence-corrected chi connectivity index (χ0v) is 12.9. The lowest BCUT2D eigenvalue weighted by atomic mass is 9.93. The van der Waals surface area contributed by atoms with Gasteiger partial charge in [0, 0.05) is 29.8 Å². The molecule has 1 aromatic heterocycles. The van der Waals surface area contributed by atoms with E-state index in [4.69, 9.17) is 4.98 Å². The summed E-state index contributed by atoms with van der Waals surface area (Å²) in [6.45, 7) is 9.79. The fraction of sp³-hybridized carbons (Fsp3) is 0.800. The number of aliphatic hydroxyl groups is 1. The molecule has 3 nitrogen and oxygen atoms in total. The van der Waals surface area contributed by atoms with Crippen LogP contribution in [0.25, 0.3) is 0 Å². The quantitative estimate of drug-likeness (QED) is 0.905. The van der Waals surface area contributed by atoms with Crippen molar-refractivity contribution in [2.75, 3.05) is 13.1 Å². The van der Waals surface area contributed by atoms with Crippen molar-refractivity contribution in [2.45, 2.75) is 51.7 Å². The van der Waals surface area contributed by atoms with Gasteiger partial charge in [0.25, 0.3) is 0 Å². The summed E-state index contributed by atoms with van der Waals surface area (Å²) in [7, 11) is 0. The first-order valence-electron chi connectivity index (χ1n) is 7.29. The number of rotatable bonds is 2. The van der Waals surface area contributed by atoms with E-state index in [1.54, 1.807) is 11.3 Å². The Morgan fingerprint density at radius 1 is 1.37 bits per heavy atom. The van der Waals surface area contributed by atoms with Crippen LogP contribution in [0, 0.1) is 11.8 Å². The van der Waals surface area contributed by atoms with Crippen molar-refractivity contribution in [3.8, 4) is 0 Å². The van der Waals surface area contributed by atoms with Crippen molar-refractivity contribution >= 4 is 11.3 Å². The van der Waals surface area contributed by atoms with Gasteiger partial charge >= 0.3 is 0 Å². The van der Waals surface area contributed by atoms with Crippen LogP contribution in [0.4, 0.5) is 0 Å². The van der Waals surface area contributed by atoms with Gasteiger partial charge in [-0.3, -0.25) is 4.90 Å². The molecule has 1 N–H and O–H groups in total. The lowest BCUT2D eigenvalue weighted by Gasteiger charge is -2.17. The molecule has 3 rings (SSSR count). The van der Waals surface area contributed by atoms with Crippen molar-refractivity contribution in [3.05, 3.63) is 16.1 Å². The predicted octanol–water partition coefficient (Wildman–Crippen LogP) is 2.64. The van der Waals surface area contributed by atoms with E-state index in [2.05, 4.69) is 31.1 Å². The third-order valence-electron chi connectivity index (χ3n) is 4.57. The van der Waals surface area contributed by atoms with Crippen LogP contribution in [0.15, 0.2) is 5.38 Å². The third-order valence-corrected chi connectivity index (χ3v) is 5.41. The SMILES string of the molecule is CC(C)(C)c1csc(CN2CC3CCC(O)C3C2)n1. The Labute approximate surface area is 119 Å². The normalized spacial score (nSPS) is 31.9. The first kappa shape index (κ1) is 13.5. The van der Waals surface area contributed by atoms with Crippen molar-refractivity contribution < 1.29 is 5.11 Å². The van der Waals surface area contributed by atoms with Gasteiger partial charge in [-0.1, -0.05) is 20.8 Å². The Balaban J connectivity index is 1.62. The molecule has 3 unspecified atom stereocenters. The molecule has 0 spiro atoms. The van der Waals surface area contributed by atoms with Crippen LogP contribution in [0.3, 0.4) is 0 Å². The lowest BCUT2D eigenvalue weighted by Crippen LogP contribution is -2.24.